The number of hydrogen-bond donors (Lipinski definition) is 2. The third-order valence-electron chi connectivity index (χ3n) is 8.90. The molecule has 0 bridgehead atoms. The maximum Gasteiger partial charge on any atom is 0.274 e. The van der Waals surface area contributed by atoms with E-state index in [4.69, 9.17) is 9.72 Å². The Labute approximate surface area is 235 Å². The molecule has 0 atom stereocenters. The molecule has 1 aliphatic heterocycles. The van der Waals surface area contributed by atoms with Gasteiger partial charge in [0.2, 0.25) is 0 Å². The third-order valence-corrected chi connectivity index (χ3v) is 8.90. The molecule has 9 heteroatoms. The number of carbonyl (C=O) groups excluding carboxylic acids is 1. The topological polar surface area (TPSA) is 118 Å². The summed E-state index contributed by atoms with van der Waals surface area (Å²) in [6.07, 6.45) is 8.79. The highest BCUT2D eigenvalue weighted by Gasteiger charge is 2.49. The van der Waals surface area contributed by atoms with E-state index < -0.39 is 0 Å². The van der Waals surface area contributed by atoms with Gasteiger partial charge in [-0.15, -0.1) is 10.2 Å². The monoisotopic (exact) mass is 539 g/mol. The first-order valence-electron chi connectivity index (χ1n) is 14.3. The molecule has 208 valence electrons. The summed E-state index contributed by atoms with van der Waals surface area (Å²) in [7, 11) is 1.95. The van der Waals surface area contributed by atoms with E-state index in [1.807, 2.05) is 35.9 Å². The number of amides is 1. The molecule has 2 fully saturated rings. The maximum absolute atomic E-state index is 13.6. The number of carbonyl (C=O) groups is 1. The predicted octanol–water partition coefficient (Wildman–Crippen LogP) is 4.77. The minimum Gasteiger partial charge on any atom is -0.490 e. The molecule has 0 radical (unpaired) electrons. The van der Waals surface area contributed by atoms with Gasteiger partial charge in [0, 0.05) is 42.7 Å². The van der Waals surface area contributed by atoms with Crippen molar-refractivity contribution in [3.8, 4) is 11.8 Å². The van der Waals surface area contributed by atoms with Crippen LogP contribution in [-0.2, 0) is 24.4 Å². The molecule has 0 saturated heterocycles. The summed E-state index contributed by atoms with van der Waals surface area (Å²) >= 11 is 0. The summed E-state index contributed by atoms with van der Waals surface area (Å²) < 4.78 is 8.04. The minimum atomic E-state index is -0.334. The summed E-state index contributed by atoms with van der Waals surface area (Å²) in [5, 5.41) is 24.6. The fourth-order valence-corrected chi connectivity index (χ4v) is 6.71. The Kier molecular flexibility index (Phi) is 6.83. The Morgan fingerprint density at radius 2 is 2.02 bits per heavy atom. The number of ether oxygens (including phenoxy) is 1. The first kappa shape index (κ1) is 26.5. The van der Waals surface area contributed by atoms with Gasteiger partial charge >= 0.3 is 0 Å². The summed E-state index contributed by atoms with van der Waals surface area (Å²) in [5.74, 6) is 1.77. The number of nitrogens with one attached hydrogen (secondary N) is 2. The molecule has 1 aromatic carbocycles. The zero-order valence-corrected chi connectivity index (χ0v) is 23.5. The molecule has 3 aromatic rings. The average molecular weight is 540 g/mol. The predicted molar refractivity (Wildman–Crippen MR) is 151 cm³/mol. The van der Waals surface area contributed by atoms with E-state index >= 15 is 0 Å². The molecule has 40 heavy (non-hydrogen) atoms. The van der Waals surface area contributed by atoms with Gasteiger partial charge in [0.25, 0.3) is 5.91 Å². The third kappa shape index (κ3) is 4.75. The summed E-state index contributed by atoms with van der Waals surface area (Å²) in [6, 6.07) is 12.7. The molecule has 2 aromatic heterocycles. The Morgan fingerprint density at radius 3 is 2.75 bits per heavy atom. The van der Waals surface area contributed by atoms with Crippen LogP contribution in [0.1, 0.15) is 91.9 Å². The number of hydrogen-bond acceptors (Lipinski definition) is 7. The van der Waals surface area contributed by atoms with Crippen LogP contribution in [-0.4, -0.2) is 38.3 Å². The number of anilines is 1. The van der Waals surface area contributed by atoms with Gasteiger partial charge in [0.1, 0.15) is 23.6 Å². The quantitative estimate of drug-likeness (QED) is 0.423. The number of rotatable bonds is 8. The number of pyridine rings is 1. The Balaban J connectivity index is 1.27. The van der Waals surface area contributed by atoms with Gasteiger partial charge in [0.05, 0.1) is 23.8 Å². The summed E-state index contributed by atoms with van der Waals surface area (Å²) in [6.45, 7) is 5.42. The lowest BCUT2D eigenvalue weighted by Crippen LogP contribution is -2.44. The van der Waals surface area contributed by atoms with Gasteiger partial charge in [0.15, 0.2) is 0 Å². The van der Waals surface area contributed by atoms with Crippen molar-refractivity contribution in [2.24, 2.45) is 13.0 Å². The zero-order valence-electron chi connectivity index (χ0n) is 23.5. The molecule has 6 rings (SSSR count). The minimum absolute atomic E-state index is 0.242. The molecule has 2 aliphatic carbocycles. The lowest BCUT2D eigenvalue weighted by Gasteiger charge is -2.46. The van der Waals surface area contributed by atoms with Crippen LogP contribution in [0.25, 0.3) is 0 Å². The molecule has 2 saturated carbocycles. The largest absolute Gasteiger partial charge is 0.490 e. The summed E-state index contributed by atoms with van der Waals surface area (Å²) in [4.78, 5) is 18.4. The maximum atomic E-state index is 13.6. The number of aryl methyl sites for hydroxylation is 1. The molecule has 0 unspecified atom stereocenters. The van der Waals surface area contributed by atoms with E-state index in [-0.39, 0.29) is 16.7 Å². The molecule has 1 amide bonds. The highest BCUT2D eigenvalue weighted by Crippen LogP contribution is 2.53. The molecule has 9 nitrogen and oxygen atoms in total. The van der Waals surface area contributed by atoms with Crippen molar-refractivity contribution in [3.63, 3.8) is 0 Å². The van der Waals surface area contributed by atoms with Crippen LogP contribution in [0.5, 0.6) is 5.75 Å². The van der Waals surface area contributed by atoms with Crippen LogP contribution >= 0.6 is 0 Å². The van der Waals surface area contributed by atoms with Crippen LogP contribution in [0.2, 0.25) is 0 Å². The fraction of sp³-hybridized carbons (Fsp3) is 0.516. The number of aromatic nitrogens is 4. The van der Waals surface area contributed by atoms with E-state index in [1.165, 1.54) is 25.7 Å². The highest BCUT2D eigenvalue weighted by molar-refractivity contribution is 6.03. The van der Waals surface area contributed by atoms with Crippen LogP contribution < -0.4 is 15.4 Å². The van der Waals surface area contributed by atoms with Crippen LogP contribution in [0.15, 0.2) is 36.7 Å². The highest BCUT2D eigenvalue weighted by atomic mass is 16.5. The second-order valence-corrected chi connectivity index (χ2v) is 12.4. The van der Waals surface area contributed by atoms with E-state index in [0.29, 0.717) is 42.9 Å². The first-order valence-corrected chi connectivity index (χ1v) is 14.3. The van der Waals surface area contributed by atoms with Crippen molar-refractivity contribution in [2.75, 3.05) is 11.9 Å². The second-order valence-electron chi connectivity index (χ2n) is 12.4. The normalized spacial score (nSPS) is 23.2. The Bertz CT molecular complexity index is 1460. The van der Waals surface area contributed by atoms with Crippen molar-refractivity contribution < 1.29 is 9.53 Å². The SMILES string of the molecule is Cn1cnnc1C1(c2cccc(NC(=O)c3cc(CNC4CCCC4)c4c(n3)C(C)(C)CO4)c2)CC(CC#N)C1. The standard InChI is InChI=1S/C31H37N7O2/c1-30(2)18-40-26-21(17-33-23-8-4-5-9-23)13-25(36-27(26)30)28(39)35-24-10-6-7-22(14-24)31(15-20(16-31)11-12-32)29-37-34-19-38(29)3/h6-7,10,13-14,19-20,23,33H,4-5,8-9,11,15-18H2,1-3H3,(H,35,39). The van der Waals surface area contributed by atoms with E-state index in [0.717, 1.165) is 41.2 Å². The van der Waals surface area contributed by atoms with E-state index in [2.05, 4.69) is 46.8 Å². The van der Waals surface area contributed by atoms with Gasteiger partial charge in [-0.25, -0.2) is 4.98 Å². The van der Waals surface area contributed by atoms with Crippen LogP contribution in [0.4, 0.5) is 5.69 Å². The second kappa shape index (κ2) is 10.3. The average Bonchev–Trinajstić information content (AvgIpc) is 3.66. The van der Waals surface area contributed by atoms with Gasteiger partial charge < -0.3 is 19.9 Å². The number of nitriles is 1. The van der Waals surface area contributed by atoms with Crippen LogP contribution in [0, 0.1) is 17.2 Å². The number of nitrogens with zero attached hydrogens (tertiary/aromatic N) is 5. The molecule has 3 heterocycles. The van der Waals surface area contributed by atoms with E-state index in [1.54, 1.807) is 6.33 Å². The molecule has 0 spiro atoms. The molecule has 2 N–H and O–H groups in total. The van der Waals surface area contributed by atoms with Crippen molar-refractivity contribution in [1.82, 2.24) is 25.1 Å². The number of fused-ring (bicyclic) bond motifs is 1. The molecular formula is C31H37N7O2. The fourth-order valence-electron chi connectivity index (χ4n) is 6.71. The van der Waals surface area contributed by atoms with Crippen molar-refractivity contribution in [3.05, 3.63) is 65.0 Å². The van der Waals surface area contributed by atoms with Gasteiger partial charge in [-0.3, -0.25) is 4.79 Å². The Morgan fingerprint density at radius 1 is 1.23 bits per heavy atom. The first-order chi connectivity index (χ1) is 19.3. The molecular weight excluding hydrogens is 502 g/mol. The van der Waals surface area contributed by atoms with Gasteiger partial charge in [-0.2, -0.15) is 5.26 Å². The van der Waals surface area contributed by atoms with E-state index in [9.17, 15) is 10.1 Å². The van der Waals surface area contributed by atoms with Gasteiger partial charge in [-0.1, -0.05) is 38.8 Å². The van der Waals surface area contributed by atoms with Crippen molar-refractivity contribution in [2.45, 2.75) is 82.2 Å². The van der Waals surface area contributed by atoms with Gasteiger partial charge in [-0.05, 0) is 55.4 Å². The lowest BCUT2D eigenvalue weighted by molar-refractivity contribution is 0.102. The lowest BCUT2D eigenvalue weighted by atomic mass is 9.57. The van der Waals surface area contributed by atoms with Crippen molar-refractivity contribution in [1.29, 1.82) is 5.26 Å². The smallest absolute Gasteiger partial charge is 0.274 e. The molecule has 3 aliphatic rings. The van der Waals surface area contributed by atoms with Crippen molar-refractivity contribution >= 4 is 11.6 Å². The number of benzene rings is 1. The Hall–Kier alpha value is -3.77. The zero-order chi connectivity index (χ0) is 27.9. The summed E-state index contributed by atoms with van der Waals surface area (Å²) in [5.41, 5.74) is 3.40. The van der Waals surface area contributed by atoms with Crippen LogP contribution in [0.3, 0.4) is 0 Å².